The van der Waals surface area contributed by atoms with Gasteiger partial charge < -0.3 is 19.1 Å². The molecule has 0 aliphatic rings. The van der Waals surface area contributed by atoms with Gasteiger partial charge in [-0.2, -0.15) is 0 Å². The number of likely N-dealkylation sites (N-methyl/N-ethyl adjacent to an activating group) is 1. The molecule has 1 N–H and O–H groups in total. The Morgan fingerprint density at radius 1 is 1.03 bits per heavy atom. The van der Waals surface area contributed by atoms with Crippen molar-refractivity contribution in [3.63, 3.8) is 0 Å². The minimum Gasteiger partial charge on any atom is -0.491 e. The molecule has 1 aromatic carbocycles. The van der Waals surface area contributed by atoms with Gasteiger partial charge >= 0.3 is 6.09 Å². The largest absolute Gasteiger partial charge is 0.491 e. The van der Waals surface area contributed by atoms with Crippen molar-refractivity contribution >= 4 is 24.2 Å². The Kier molecular flexibility index (Phi) is 16.5. The van der Waals surface area contributed by atoms with E-state index in [1.54, 1.807) is 0 Å². The second kappa shape index (κ2) is 17.4. The van der Waals surface area contributed by atoms with Crippen LogP contribution in [0.5, 0.6) is 5.75 Å². The molecule has 0 spiro atoms. The van der Waals surface area contributed by atoms with Gasteiger partial charge in [0, 0.05) is 13.2 Å². The van der Waals surface area contributed by atoms with E-state index >= 15 is 0 Å². The number of hydrogen-bond acceptors (Lipinski definition) is 5. The van der Waals surface area contributed by atoms with Gasteiger partial charge in [-0.25, -0.2) is 4.79 Å². The van der Waals surface area contributed by atoms with Crippen molar-refractivity contribution in [2.24, 2.45) is 0 Å². The minimum atomic E-state index is -0.484. The maximum atomic E-state index is 12.5. The fraction of sp³-hybridized carbons (Fsp3) is 0.682. The molecule has 0 saturated carbocycles. The number of carbonyl (C=O) groups excluding carboxylic acids is 1. The third kappa shape index (κ3) is 11.9. The van der Waals surface area contributed by atoms with E-state index in [9.17, 15) is 4.79 Å². The van der Waals surface area contributed by atoms with Crippen molar-refractivity contribution < 1.29 is 19.0 Å². The Bertz CT molecular complexity index is 541. The Morgan fingerprint density at radius 2 is 1.69 bits per heavy atom. The maximum Gasteiger partial charge on any atom is 0.412 e. The van der Waals surface area contributed by atoms with E-state index < -0.39 is 6.09 Å². The van der Waals surface area contributed by atoms with E-state index in [0.717, 1.165) is 38.8 Å². The van der Waals surface area contributed by atoms with Crippen LogP contribution < -0.4 is 10.1 Å². The van der Waals surface area contributed by atoms with Crippen molar-refractivity contribution in [3.8, 4) is 5.75 Å². The molecule has 0 aliphatic heterocycles. The van der Waals surface area contributed by atoms with Crippen LogP contribution in [0.1, 0.15) is 53.4 Å². The molecule has 0 saturated heterocycles. The summed E-state index contributed by atoms with van der Waals surface area (Å²) in [5, 5.41) is 2.82. The molecule has 0 fully saturated rings. The summed E-state index contributed by atoms with van der Waals surface area (Å²) in [5.74, 6) is 0.660. The number of amides is 1. The van der Waals surface area contributed by atoms with Crippen molar-refractivity contribution in [2.75, 3.05) is 44.8 Å². The second-order valence-electron chi connectivity index (χ2n) is 6.76. The van der Waals surface area contributed by atoms with Crippen molar-refractivity contribution in [1.29, 1.82) is 0 Å². The summed E-state index contributed by atoms with van der Waals surface area (Å²) in [4.78, 5) is 14.7. The summed E-state index contributed by atoms with van der Waals surface area (Å²) < 4.78 is 17.2. The maximum absolute atomic E-state index is 12.5. The van der Waals surface area contributed by atoms with Crippen LogP contribution in [-0.2, 0) is 9.47 Å². The summed E-state index contributed by atoms with van der Waals surface area (Å²) in [6, 6.07) is 7.43. The van der Waals surface area contributed by atoms with Crippen LogP contribution >= 0.6 is 12.4 Å². The fourth-order valence-electron chi connectivity index (χ4n) is 2.67. The predicted molar refractivity (Wildman–Crippen MR) is 121 cm³/mol. The number of halogens is 1. The first-order chi connectivity index (χ1) is 13.6. The molecule has 1 aromatic rings. The standard InChI is InChI=1S/C22H38N2O4.ClH/c1-5-9-15-26-18-19(17-24(7-3)8-4)28-22(25)23-20-13-11-12-14-21(20)27-16-10-6-2;/h11-14,19H,5-10,15-18H2,1-4H3,(H,23,25);1H. The van der Waals surface area contributed by atoms with E-state index in [0.29, 0.717) is 37.8 Å². The van der Waals surface area contributed by atoms with E-state index in [1.807, 2.05) is 24.3 Å². The van der Waals surface area contributed by atoms with Gasteiger partial charge in [0.05, 0.1) is 18.9 Å². The topological polar surface area (TPSA) is 60.0 Å². The average molecular weight is 431 g/mol. The van der Waals surface area contributed by atoms with Gasteiger partial charge in [-0.15, -0.1) is 12.4 Å². The number of ether oxygens (including phenoxy) is 3. The quantitative estimate of drug-likeness (QED) is 0.379. The van der Waals surface area contributed by atoms with Crippen molar-refractivity contribution in [2.45, 2.75) is 59.5 Å². The predicted octanol–water partition coefficient (Wildman–Crippen LogP) is 5.36. The molecule has 7 heteroatoms. The van der Waals surface area contributed by atoms with Crippen molar-refractivity contribution in [3.05, 3.63) is 24.3 Å². The van der Waals surface area contributed by atoms with Gasteiger partial charge in [-0.3, -0.25) is 5.32 Å². The van der Waals surface area contributed by atoms with Gasteiger partial charge in [0.1, 0.15) is 11.9 Å². The molecule has 29 heavy (non-hydrogen) atoms. The fourth-order valence-corrected chi connectivity index (χ4v) is 2.67. The minimum absolute atomic E-state index is 0. The second-order valence-corrected chi connectivity index (χ2v) is 6.76. The highest BCUT2D eigenvalue weighted by Gasteiger charge is 2.18. The molecular weight excluding hydrogens is 392 g/mol. The number of para-hydroxylation sites is 2. The molecule has 1 rings (SSSR count). The molecule has 6 nitrogen and oxygen atoms in total. The Hall–Kier alpha value is -1.50. The molecule has 1 unspecified atom stereocenters. The zero-order valence-electron chi connectivity index (χ0n) is 18.4. The molecule has 0 heterocycles. The lowest BCUT2D eigenvalue weighted by Gasteiger charge is -2.25. The van der Waals surface area contributed by atoms with Gasteiger partial charge in [0.2, 0.25) is 0 Å². The van der Waals surface area contributed by atoms with Crippen LogP contribution in [0, 0.1) is 0 Å². The van der Waals surface area contributed by atoms with Crippen LogP contribution in [-0.4, -0.2) is 56.6 Å². The number of carbonyl (C=O) groups is 1. The summed E-state index contributed by atoms with van der Waals surface area (Å²) in [6.45, 7) is 12.6. The summed E-state index contributed by atoms with van der Waals surface area (Å²) in [7, 11) is 0. The van der Waals surface area contributed by atoms with Crippen LogP contribution in [0.2, 0.25) is 0 Å². The Morgan fingerprint density at radius 3 is 2.34 bits per heavy atom. The number of unbranched alkanes of at least 4 members (excludes halogenated alkanes) is 2. The van der Waals surface area contributed by atoms with Crippen LogP contribution in [0.25, 0.3) is 0 Å². The first-order valence-electron chi connectivity index (χ1n) is 10.6. The van der Waals surface area contributed by atoms with Crippen LogP contribution in [0.15, 0.2) is 24.3 Å². The monoisotopic (exact) mass is 430 g/mol. The lowest BCUT2D eigenvalue weighted by molar-refractivity contribution is 0.00804. The summed E-state index contributed by atoms with van der Waals surface area (Å²) >= 11 is 0. The zero-order valence-corrected chi connectivity index (χ0v) is 19.3. The van der Waals surface area contributed by atoms with Gasteiger partial charge in [0.15, 0.2) is 0 Å². The van der Waals surface area contributed by atoms with Gasteiger partial charge in [-0.05, 0) is 38.1 Å². The number of benzene rings is 1. The normalized spacial score (nSPS) is 11.6. The smallest absolute Gasteiger partial charge is 0.412 e. The van der Waals surface area contributed by atoms with E-state index in [1.165, 1.54) is 0 Å². The molecule has 0 aromatic heterocycles. The first kappa shape index (κ1) is 27.5. The average Bonchev–Trinajstić information content (AvgIpc) is 2.70. The van der Waals surface area contributed by atoms with E-state index in [-0.39, 0.29) is 18.5 Å². The lowest BCUT2D eigenvalue weighted by atomic mass is 10.3. The molecule has 168 valence electrons. The molecule has 1 atom stereocenters. The van der Waals surface area contributed by atoms with Gasteiger partial charge in [0.25, 0.3) is 0 Å². The van der Waals surface area contributed by atoms with Crippen molar-refractivity contribution in [1.82, 2.24) is 4.90 Å². The van der Waals surface area contributed by atoms with Crippen LogP contribution in [0.3, 0.4) is 0 Å². The molecule has 0 radical (unpaired) electrons. The zero-order chi connectivity index (χ0) is 20.6. The third-order valence-corrected chi connectivity index (χ3v) is 4.46. The number of rotatable bonds is 15. The lowest BCUT2D eigenvalue weighted by Crippen LogP contribution is -2.38. The third-order valence-electron chi connectivity index (χ3n) is 4.46. The number of nitrogens with one attached hydrogen (secondary N) is 1. The highest BCUT2D eigenvalue weighted by atomic mass is 35.5. The number of anilines is 1. The number of nitrogens with zero attached hydrogens (tertiary/aromatic N) is 1. The van der Waals surface area contributed by atoms with E-state index in [4.69, 9.17) is 14.2 Å². The summed E-state index contributed by atoms with van der Waals surface area (Å²) in [6.07, 6.45) is 3.32. The highest BCUT2D eigenvalue weighted by molar-refractivity contribution is 5.86. The molecular formula is C22H39ClN2O4. The number of hydrogen-bond donors (Lipinski definition) is 1. The van der Waals surface area contributed by atoms with Gasteiger partial charge in [-0.1, -0.05) is 52.7 Å². The SMILES string of the molecule is CCCCOCC(CN(CC)CC)OC(=O)Nc1ccccc1OCCCC.Cl. The Balaban J connectivity index is 0.00000784. The highest BCUT2D eigenvalue weighted by Crippen LogP contribution is 2.24. The molecule has 0 aliphatic carbocycles. The molecule has 0 bridgehead atoms. The van der Waals surface area contributed by atoms with Crippen LogP contribution in [0.4, 0.5) is 10.5 Å². The Labute approximate surface area is 182 Å². The molecule has 1 amide bonds. The van der Waals surface area contributed by atoms with E-state index in [2.05, 4.69) is 37.9 Å². The first-order valence-corrected chi connectivity index (χ1v) is 10.6. The summed E-state index contributed by atoms with van der Waals surface area (Å²) in [5.41, 5.74) is 0.622.